The molecule has 0 aliphatic heterocycles. The summed E-state index contributed by atoms with van der Waals surface area (Å²) in [6.07, 6.45) is 0.523. The predicted molar refractivity (Wildman–Crippen MR) is 71.3 cm³/mol. The van der Waals surface area contributed by atoms with Gasteiger partial charge in [-0.05, 0) is 34.1 Å². The first-order valence-corrected chi connectivity index (χ1v) is 5.69. The third-order valence-electron chi connectivity index (χ3n) is 1.83. The van der Waals surface area contributed by atoms with E-state index in [2.05, 4.69) is 16.8 Å². The molecule has 0 saturated heterocycles. The highest BCUT2D eigenvalue weighted by Crippen LogP contribution is 2.13. The number of hydrogen-bond acceptors (Lipinski definition) is 5. The summed E-state index contributed by atoms with van der Waals surface area (Å²) in [5.41, 5.74) is -1.41. The van der Waals surface area contributed by atoms with E-state index in [0.29, 0.717) is 6.42 Å². The summed E-state index contributed by atoms with van der Waals surface area (Å²) in [7, 11) is 0. The second kappa shape index (κ2) is 7.99. The van der Waals surface area contributed by atoms with Crippen molar-refractivity contribution in [3.63, 3.8) is 0 Å². The number of nitriles is 2. The summed E-state index contributed by atoms with van der Waals surface area (Å²) in [5.74, 6) is -0.900. The molecular weight excluding hydrogens is 244 g/mol. The van der Waals surface area contributed by atoms with Crippen LogP contribution < -0.4 is 0 Å². The van der Waals surface area contributed by atoms with E-state index in [4.69, 9.17) is 15.6 Å². The Labute approximate surface area is 114 Å². The van der Waals surface area contributed by atoms with Gasteiger partial charge in [0.15, 0.2) is 11.1 Å². The molecule has 19 heavy (non-hydrogen) atoms. The van der Waals surface area contributed by atoms with Crippen LogP contribution in [0.3, 0.4) is 0 Å². The molecule has 0 saturated carbocycles. The molecule has 0 spiro atoms. The molecule has 0 aliphatic rings. The summed E-state index contributed by atoms with van der Waals surface area (Å²) in [5, 5.41) is 32.8. The lowest BCUT2D eigenvalue weighted by Gasteiger charge is -2.11. The molecule has 0 fully saturated rings. The Balaban J connectivity index is 0. The highest BCUT2D eigenvalue weighted by molar-refractivity contribution is 5.85. The van der Waals surface area contributed by atoms with Crippen LogP contribution in [0.15, 0.2) is 22.4 Å². The third kappa shape index (κ3) is 10.7. The minimum Gasteiger partial charge on any atom is -0.478 e. The van der Waals surface area contributed by atoms with Gasteiger partial charge in [-0.1, -0.05) is 13.5 Å². The molecule has 104 valence electrons. The van der Waals surface area contributed by atoms with Gasteiger partial charge in [0.05, 0.1) is 12.1 Å². The maximum atomic E-state index is 9.83. The Morgan fingerprint density at radius 3 is 1.58 bits per heavy atom. The monoisotopic (exact) mass is 264 g/mol. The number of carboxylic acids is 1. The number of hydrogen-bond donors (Lipinski definition) is 1. The van der Waals surface area contributed by atoms with E-state index < -0.39 is 17.0 Å². The van der Waals surface area contributed by atoms with E-state index in [-0.39, 0.29) is 5.57 Å². The molecule has 6 nitrogen and oxygen atoms in total. The van der Waals surface area contributed by atoms with Crippen LogP contribution in [0.25, 0.3) is 0 Å². The minimum absolute atomic E-state index is 0.264. The Morgan fingerprint density at radius 1 is 1.16 bits per heavy atom. The van der Waals surface area contributed by atoms with E-state index in [1.807, 2.05) is 12.1 Å². The van der Waals surface area contributed by atoms with Crippen molar-refractivity contribution in [3.8, 4) is 12.1 Å². The van der Waals surface area contributed by atoms with Crippen molar-refractivity contribution in [1.29, 1.82) is 10.5 Å². The van der Waals surface area contributed by atoms with Crippen LogP contribution in [0.5, 0.6) is 0 Å². The van der Waals surface area contributed by atoms with E-state index >= 15 is 0 Å². The number of carboxylic acid groups (broad SMARTS) is 1. The van der Waals surface area contributed by atoms with Gasteiger partial charge < -0.3 is 5.11 Å². The lowest BCUT2D eigenvalue weighted by Crippen LogP contribution is -2.17. The Hall–Kier alpha value is -2.21. The van der Waals surface area contributed by atoms with Crippen molar-refractivity contribution in [2.45, 2.75) is 52.1 Å². The second-order valence-corrected chi connectivity index (χ2v) is 4.80. The Kier molecular flexibility index (Phi) is 8.05. The Bertz CT molecular complexity index is 409. The first kappa shape index (κ1) is 19.1. The fourth-order valence-corrected chi connectivity index (χ4v) is 0.446. The molecule has 0 aromatic heterocycles. The number of nitrogens with zero attached hydrogens (tertiary/aromatic N) is 4. The summed E-state index contributed by atoms with van der Waals surface area (Å²) >= 11 is 0. The van der Waals surface area contributed by atoms with Crippen LogP contribution in [0, 0.1) is 22.7 Å². The van der Waals surface area contributed by atoms with E-state index in [1.54, 1.807) is 34.6 Å². The fourth-order valence-electron chi connectivity index (χ4n) is 0.446. The van der Waals surface area contributed by atoms with Gasteiger partial charge in [0.1, 0.15) is 0 Å². The molecule has 1 N–H and O–H groups in total. The molecule has 0 unspecified atom stereocenters. The summed E-state index contributed by atoms with van der Waals surface area (Å²) in [4.78, 5) is 9.83. The molecule has 0 rings (SSSR count). The van der Waals surface area contributed by atoms with Gasteiger partial charge in [-0.25, -0.2) is 4.79 Å². The van der Waals surface area contributed by atoms with Crippen LogP contribution in [-0.2, 0) is 4.79 Å². The first-order chi connectivity index (χ1) is 8.51. The van der Waals surface area contributed by atoms with E-state index in [9.17, 15) is 4.79 Å². The number of azo groups is 1. The van der Waals surface area contributed by atoms with Crippen molar-refractivity contribution < 1.29 is 9.90 Å². The molecule has 0 amide bonds. The average molecular weight is 264 g/mol. The van der Waals surface area contributed by atoms with Gasteiger partial charge in [0.2, 0.25) is 0 Å². The first-order valence-electron chi connectivity index (χ1n) is 5.69. The molecular formula is C13H20N4O2. The quantitative estimate of drug-likeness (QED) is 0.621. The molecule has 0 atom stereocenters. The van der Waals surface area contributed by atoms with E-state index in [0.717, 1.165) is 0 Å². The standard InChI is InChI=1S/C8H12N4.C5H8O2/c1-7(2,5-9)11-12-8(3,4)6-10;1-3-4(2)5(6)7/h1-4H3;2-3H2,1H3,(H,6,7). The van der Waals surface area contributed by atoms with Gasteiger partial charge in [0, 0.05) is 5.57 Å². The smallest absolute Gasteiger partial charge is 0.330 e. The van der Waals surface area contributed by atoms with Gasteiger partial charge in [-0.2, -0.15) is 20.8 Å². The molecule has 0 aliphatic carbocycles. The van der Waals surface area contributed by atoms with Crippen molar-refractivity contribution in [3.05, 3.63) is 12.2 Å². The summed E-state index contributed by atoms with van der Waals surface area (Å²) < 4.78 is 0. The molecule has 0 aromatic carbocycles. The molecule has 0 aromatic rings. The predicted octanol–water partition coefficient (Wildman–Crippen LogP) is 3.08. The SMILES string of the molecule is C=C(CC)C(=O)O.CC(C)(C#N)N=NC(C)(C)C#N. The van der Waals surface area contributed by atoms with Crippen molar-refractivity contribution >= 4 is 5.97 Å². The fraction of sp³-hybridized carbons (Fsp3) is 0.615. The number of carbonyl (C=O) groups is 1. The van der Waals surface area contributed by atoms with Gasteiger partial charge in [0.25, 0.3) is 0 Å². The highest BCUT2D eigenvalue weighted by atomic mass is 16.4. The topological polar surface area (TPSA) is 110 Å². The van der Waals surface area contributed by atoms with Crippen LogP contribution in [-0.4, -0.2) is 22.2 Å². The van der Waals surface area contributed by atoms with Crippen molar-refractivity contribution in [2.75, 3.05) is 0 Å². The van der Waals surface area contributed by atoms with Crippen LogP contribution in [0.2, 0.25) is 0 Å². The van der Waals surface area contributed by atoms with Crippen LogP contribution in [0.4, 0.5) is 0 Å². The lowest BCUT2D eigenvalue weighted by molar-refractivity contribution is -0.132. The Morgan fingerprint density at radius 2 is 1.47 bits per heavy atom. The zero-order chi connectivity index (χ0) is 15.7. The lowest BCUT2D eigenvalue weighted by atomic mass is 10.1. The molecule has 0 heterocycles. The van der Waals surface area contributed by atoms with Gasteiger partial charge in [-0.15, -0.1) is 0 Å². The number of rotatable bonds is 4. The second-order valence-electron chi connectivity index (χ2n) is 4.80. The number of aliphatic carboxylic acids is 1. The van der Waals surface area contributed by atoms with Crippen LogP contribution >= 0.6 is 0 Å². The van der Waals surface area contributed by atoms with Gasteiger partial charge >= 0.3 is 5.97 Å². The van der Waals surface area contributed by atoms with Gasteiger partial charge in [-0.3, -0.25) is 0 Å². The molecule has 0 radical (unpaired) electrons. The van der Waals surface area contributed by atoms with Crippen LogP contribution in [0.1, 0.15) is 41.0 Å². The largest absolute Gasteiger partial charge is 0.478 e. The maximum Gasteiger partial charge on any atom is 0.330 e. The highest BCUT2D eigenvalue weighted by Gasteiger charge is 2.19. The summed E-state index contributed by atoms with van der Waals surface area (Å²) in [6, 6.07) is 3.94. The normalized spacial score (nSPS) is 10.9. The maximum absolute atomic E-state index is 9.83. The molecule has 0 bridgehead atoms. The molecule has 6 heteroatoms. The average Bonchev–Trinajstić information content (AvgIpc) is 2.36. The summed E-state index contributed by atoms with van der Waals surface area (Å²) in [6.45, 7) is 11.6. The zero-order valence-electron chi connectivity index (χ0n) is 12.1. The third-order valence-corrected chi connectivity index (χ3v) is 1.83. The van der Waals surface area contributed by atoms with E-state index in [1.165, 1.54) is 0 Å². The minimum atomic E-state index is -0.900. The van der Waals surface area contributed by atoms with Crippen molar-refractivity contribution in [2.24, 2.45) is 10.2 Å². The zero-order valence-corrected chi connectivity index (χ0v) is 12.1. The van der Waals surface area contributed by atoms with Crippen molar-refractivity contribution in [1.82, 2.24) is 0 Å².